The number of carbonyl (C=O) groups is 3. The summed E-state index contributed by atoms with van der Waals surface area (Å²) in [6.45, 7) is 10.7. The van der Waals surface area contributed by atoms with Crippen LogP contribution < -0.4 is 5.32 Å². The van der Waals surface area contributed by atoms with Gasteiger partial charge in [-0.15, -0.1) is 0 Å². The van der Waals surface area contributed by atoms with Crippen molar-refractivity contribution in [1.82, 2.24) is 15.1 Å². The van der Waals surface area contributed by atoms with Gasteiger partial charge >= 0.3 is 5.97 Å². The van der Waals surface area contributed by atoms with Crippen molar-refractivity contribution in [2.75, 3.05) is 20.1 Å². The number of aliphatic carboxylic acids is 1. The van der Waals surface area contributed by atoms with Gasteiger partial charge in [0.25, 0.3) is 0 Å². The molecule has 2 N–H and O–H groups in total. The van der Waals surface area contributed by atoms with E-state index in [4.69, 9.17) is 5.11 Å². The number of carbonyl (C=O) groups excluding carboxylic acids is 2. The molecular weight excluding hydrogens is 382 g/mol. The minimum atomic E-state index is -1.01. The van der Waals surface area contributed by atoms with E-state index >= 15 is 0 Å². The summed E-state index contributed by atoms with van der Waals surface area (Å²) in [6.07, 6.45) is 7.75. The van der Waals surface area contributed by atoms with Crippen LogP contribution in [-0.4, -0.2) is 71.0 Å². The van der Waals surface area contributed by atoms with Crippen molar-refractivity contribution in [3.05, 3.63) is 23.3 Å². The molecule has 1 heterocycles. The average molecular weight is 422 g/mol. The maximum absolute atomic E-state index is 13.2. The monoisotopic (exact) mass is 421 g/mol. The summed E-state index contributed by atoms with van der Waals surface area (Å²) in [7, 11) is 1.63. The molecule has 1 aliphatic heterocycles. The lowest BCUT2D eigenvalue weighted by atomic mass is 9.97. The lowest BCUT2D eigenvalue weighted by molar-refractivity contribution is -0.137. The third kappa shape index (κ3) is 7.59. The number of hydrogen-bond acceptors (Lipinski definition) is 4. The first-order chi connectivity index (χ1) is 14.1. The molecule has 3 unspecified atom stereocenters. The number of nitrogens with one attached hydrogen (secondary N) is 1. The Hall–Kier alpha value is -2.15. The molecule has 0 radical (unpaired) electrons. The van der Waals surface area contributed by atoms with Crippen molar-refractivity contribution < 1.29 is 19.5 Å². The van der Waals surface area contributed by atoms with Crippen molar-refractivity contribution in [3.8, 4) is 0 Å². The topological polar surface area (TPSA) is 90.0 Å². The van der Waals surface area contributed by atoms with Crippen LogP contribution in [0.4, 0.5) is 0 Å². The molecule has 0 spiro atoms. The summed E-state index contributed by atoms with van der Waals surface area (Å²) in [6, 6.07) is -0.563. The Morgan fingerprint density at radius 3 is 2.50 bits per heavy atom. The number of nitrogens with zero attached hydrogens (tertiary/aromatic N) is 2. The first-order valence-electron chi connectivity index (χ1n) is 10.9. The van der Waals surface area contributed by atoms with Crippen LogP contribution in [0.15, 0.2) is 23.3 Å². The number of likely N-dealkylation sites (N-methyl/N-ethyl adjacent to an activating group) is 1. The molecule has 1 aliphatic rings. The van der Waals surface area contributed by atoms with E-state index in [1.54, 1.807) is 7.05 Å². The lowest BCUT2D eigenvalue weighted by Gasteiger charge is -2.39. The predicted octanol–water partition coefficient (Wildman–Crippen LogP) is 2.97. The Bertz CT molecular complexity index is 671. The zero-order chi connectivity index (χ0) is 22.8. The Kier molecular flexibility index (Phi) is 10.8. The second-order valence-corrected chi connectivity index (χ2v) is 8.32. The molecule has 0 saturated carbocycles. The van der Waals surface area contributed by atoms with Crippen molar-refractivity contribution in [2.24, 2.45) is 0 Å². The fourth-order valence-corrected chi connectivity index (χ4v) is 3.62. The van der Waals surface area contributed by atoms with Crippen molar-refractivity contribution in [1.29, 1.82) is 0 Å². The molecule has 1 saturated heterocycles. The molecule has 0 aromatic heterocycles. The number of carboxylic acids is 1. The van der Waals surface area contributed by atoms with Crippen LogP contribution in [0.5, 0.6) is 0 Å². The van der Waals surface area contributed by atoms with Gasteiger partial charge in [-0.05, 0) is 59.9 Å². The molecule has 0 aromatic rings. The molecule has 0 aliphatic carbocycles. The number of carboxylic acid groups (broad SMARTS) is 1. The molecule has 7 heteroatoms. The van der Waals surface area contributed by atoms with Crippen molar-refractivity contribution in [2.45, 2.75) is 84.8 Å². The zero-order valence-corrected chi connectivity index (χ0v) is 19.4. The molecule has 1 rings (SSSR count). The summed E-state index contributed by atoms with van der Waals surface area (Å²) in [5.41, 5.74) is 1.20. The number of piperidine rings is 1. The smallest absolute Gasteiger partial charge is 0.331 e. The van der Waals surface area contributed by atoms with Crippen molar-refractivity contribution in [3.63, 3.8) is 0 Å². The first kappa shape index (κ1) is 25.9. The summed E-state index contributed by atoms with van der Waals surface area (Å²) in [5, 5.41) is 12.0. The Morgan fingerprint density at radius 2 is 1.93 bits per heavy atom. The Balaban J connectivity index is 2.96. The van der Waals surface area contributed by atoms with E-state index in [0.29, 0.717) is 12.5 Å². The van der Waals surface area contributed by atoms with Gasteiger partial charge in [0.15, 0.2) is 0 Å². The van der Waals surface area contributed by atoms with Crippen LogP contribution in [-0.2, 0) is 14.4 Å². The summed E-state index contributed by atoms with van der Waals surface area (Å²) >= 11 is 0. The number of rotatable bonds is 10. The highest BCUT2D eigenvalue weighted by molar-refractivity contribution is 5.90. The quantitative estimate of drug-likeness (QED) is 0.418. The lowest BCUT2D eigenvalue weighted by Crippen LogP contribution is -2.56. The highest BCUT2D eigenvalue weighted by atomic mass is 16.4. The zero-order valence-electron chi connectivity index (χ0n) is 19.4. The van der Waals surface area contributed by atoms with Gasteiger partial charge in [-0.1, -0.05) is 31.1 Å². The van der Waals surface area contributed by atoms with Crippen LogP contribution in [0.3, 0.4) is 0 Å². The van der Waals surface area contributed by atoms with Crippen LogP contribution >= 0.6 is 0 Å². The highest BCUT2D eigenvalue weighted by Crippen LogP contribution is 2.21. The Morgan fingerprint density at radius 1 is 1.27 bits per heavy atom. The number of allylic oxidation sites excluding steroid dienone is 1. The number of amides is 2. The third-order valence-electron chi connectivity index (χ3n) is 6.02. The molecule has 7 nitrogen and oxygen atoms in total. The van der Waals surface area contributed by atoms with E-state index in [2.05, 4.69) is 24.1 Å². The minimum Gasteiger partial charge on any atom is -0.478 e. The van der Waals surface area contributed by atoms with E-state index in [-0.39, 0.29) is 30.0 Å². The van der Waals surface area contributed by atoms with E-state index in [9.17, 15) is 14.4 Å². The largest absolute Gasteiger partial charge is 0.478 e. The fraction of sp³-hybridized carbons (Fsp3) is 0.696. The SMILES string of the molecule is C/C=C(\C)CC(NC(=O)C1CCCCN1C(C)CC)C(=O)N(C)C/C=C(\C)C(=O)O. The summed E-state index contributed by atoms with van der Waals surface area (Å²) in [5.74, 6) is -1.32. The summed E-state index contributed by atoms with van der Waals surface area (Å²) < 4.78 is 0. The van der Waals surface area contributed by atoms with Crippen molar-refractivity contribution >= 4 is 17.8 Å². The normalized spacial score (nSPS) is 20.4. The second-order valence-electron chi connectivity index (χ2n) is 8.32. The predicted molar refractivity (Wildman–Crippen MR) is 119 cm³/mol. The number of likely N-dealkylation sites (tertiary alicyclic amines) is 1. The van der Waals surface area contributed by atoms with Crippen LogP contribution in [0.25, 0.3) is 0 Å². The van der Waals surface area contributed by atoms with Gasteiger partial charge < -0.3 is 15.3 Å². The average Bonchev–Trinajstić information content (AvgIpc) is 2.75. The highest BCUT2D eigenvalue weighted by Gasteiger charge is 2.34. The molecule has 30 heavy (non-hydrogen) atoms. The van der Waals surface area contributed by atoms with Crippen LogP contribution in [0.1, 0.15) is 66.7 Å². The molecule has 1 fully saturated rings. The standard InChI is InChI=1S/C23H39N3O4/c1-7-16(3)15-19(22(28)25(6)14-12-17(4)23(29)30)24-21(27)20-11-9-10-13-26(20)18(5)8-2/h7,12,18-20H,8-11,13-15H2,1-6H3,(H,24,27)(H,29,30)/b16-7+,17-12+. The maximum Gasteiger partial charge on any atom is 0.331 e. The minimum absolute atomic E-state index is 0.0945. The van der Waals surface area contributed by atoms with Gasteiger partial charge in [0.05, 0.1) is 6.04 Å². The van der Waals surface area contributed by atoms with Gasteiger partial charge in [0, 0.05) is 25.2 Å². The van der Waals surface area contributed by atoms with E-state index in [1.165, 1.54) is 17.9 Å². The van der Waals surface area contributed by atoms with E-state index in [1.807, 2.05) is 19.9 Å². The van der Waals surface area contributed by atoms with Gasteiger partial charge in [-0.25, -0.2) is 4.79 Å². The number of hydrogen-bond donors (Lipinski definition) is 2. The van der Waals surface area contributed by atoms with Gasteiger partial charge in [-0.2, -0.15) is 0 Å². The maximum atomic E-state index is 13.2. The summed E-state index contributed by atoms with van der Waals surface area (Å²) in [4.78, 5) is 40.9. The molecule has 0 aromatic carbocycles. The second kappa shape index (κ2) is 12.5. The van der Waals surface area contributed by atoms with Gasteiger partial charge in [-0.3, -0.25) is 14.5 Å². The molecule has 2 amide bonds. The van der Waals surface area contributed by atoms with Gasteiger partial charge in [0.1, 0.15) is 6.04 Å². The third-order valence-corrected chi connectivity index (χ3v) is 6.02. The molecule has 3 atom stereocenters. The molecular formula is C23H39N3O4. The Labute approximate surface area is 181 Å². The first-order valence-corrected chi connectivity index (χ1v) is 10.9. The molecule has 0 bridgehead atoms. The molecule has 170 valence electrons. The van der Waals surface area contributed by atoms with E-state index < -0.39 is 12.0 Å². The van der Waals surface area contributed by atoms with Crippen LogP contribution in [0, 0.1) is 0 Å². The van der Waals surface area contributed by atoms with E-state index in [0.717, 1.165) is 37.8 Å². The fourth-order valence-electron chi connectivity index (χ4n) is 3.62. The van der Waals surface area contributed by atoms with Gasteiger partial charge in [0.2, 0.25) is 11.8 Å². The van der Waals surface area contributed by atoms with Crippen LogP contribution in [0.2, 0.25) is 0 Å².